The Hall–Kier alpha value is -1.67. The molecule has 0 aliphatic carbocycles. The summed E-state index contributed by atoms with van der Waals surface area (Å²) in [7, 11) is 2.03. The van der Waals surface area contributed by atoms with Gasteiger partial charge in [0.05, 0.1) is 29.5 Å². The van der Waals surface area contributed by atoms with Gasteiger partial charge in [-0.2, -0.15) is 0 Å². The highest BCUT2D eigenvalue weighted by Gasteiger charge is 2.57. The first-order chi connectivity index (χ1) is 12.7. The fourth-order valence-electron chi connectivity index (χ4n) is 3.98. The maximum atomic E-state index is 13.1. The summed E-state index contributed by atoms with van der Waals surface area (Å²) in [4.78, 5) is 41.5. The number of likely N-dealkylation sites (N-methyl/N-ethyl adjacent to an activating group) is 1. The third-order valence-electron chi connectivity index (χ3n) is 5.65. The number of carbonyl (C=O) groups is 3. The fourth-order valence-corrected chi connectivity index (χ4v) is 3.98. The van der Waals surface area contributed by atoms with Crippen molar-refractivity contribution in [3.8, 4) is 0 Å². The monoisotopic (exact) mass is 382 g/mol. The molecule has 4 unspecified atom stereocenters. The highest BCUT2D eigenvalue weighted by Crippen LogP contribution is 2.45. The predicted octanol–water partition coefficient (Wildman–Crippen LogP) is 0.644. The molecule has 0 aromatic heterocycles. The van der Waals surface area contributed by atoms with E-state index in [0.29, 0.717) is 13.1 Å². The van der Waals surface area contributed by atoms with Gasteiger partial charge in [-0.05, 0) is 40.7 Å². The summed E-state index contributed by atoms with van der Waals surface area (Å²) in [5, 5.41) is 0. The van der Waals surface area contributed by atoms with Gasteiger partial charge in [0.2, 0.25) is 12.7 Å². The lowest BCUT2D eigenvalue weighted by atomic mass is 9.78. The number of hydrogen-bond acceptors (Lipinski definition) is 7. The van der Waals surface area contributed by atoms with Gasteiger partial charge in [0, 0.05) is 26.2 Å². The molecular formula is C19H30N2O6. The van der Waals surface area contributed by atoms with Crippen LogP contribution in [0.5, 0.6) is 0 Å². The van der Waals surface area contributed by atoms with Crippen LogP contribution in [-0.2, 0) is 28.6 Å². The number of fused-ring (bicyclic) bond motifs is 2. The van der Waals surface area contributed by atoms with Gasteiger partial charge in [-0.25, -0.2) is 0 Å². The van der Waals surface area contributed by atoms with Gasteiger partial charge in [0.25, 0.3) is 0 Å². The van der Waals surface area contributed by atoms with Crippen LogP contribution in [0.2, 0.25) is 0 Å². The van der Waals surface area contributed by atoms with Crippen molar-refractivity contribution in [2.45, 2.75) is 45.8 Å². The SMILES string of the molecule is CN1CCN(C(=O)C2C3CCC(O3)C2C(=O)OCOC(=O)C(C)(C)C)CC1. The number of carbonyl (C=O) groups excluding carboxylic acids is 3. The van der Waals surface area contributed by atoms with Crippen molar-refractivity contribution >= 4 is 17.8 Å². The molecule has 0 saturated carbocycles. The first kappa shape index (κ1) is 20.1. The standard InChI is InChI=1S/C19H30N2O6/c1-19(2,3)18(24)26-11-25-17(23)15-13-6-5-12(27-13)14(15)16(22)21-9-7-20(4)8-10-21/h12-15H,5-11H2,1-4H3. The molecule has 0 aromatic carbocycles. The lowest BCUT2D eigenvalue weighted by molar-refractivity contribution is -0.178. The molecule has 0 aromatic rings. The average molecular weight is 382 g/mol. The van der Waals surface area contributed by atoms with Gasteiger partial charge in [0.1, 0.15) is 0 Å². The number of hydrogen-bond donors (Lipinski definition) is 0. The molecule has 4 atom stereocenters. The van der Waals surface area contributed by atoms with Crippen LogP contribution in [0.25, 0.3) is 0 Å². The van der Waals surface area contributed by atoms with Crippen LogP contribution >= 0.6 is 0 Å². The lowest BCUT2D eigenvalue weighted by Crippen LogP contribution is -2.52. The van der Waals surface area contributed by atoms with Crippen molar-refractivity contribution in [3.05, 3.63) is 0 Å². The number of esters is 2. The van der Waals surface area contributed by atoms with E-state index >= 15 is 0 Å². The summed E-state index contributed by atoms with van der Waals surface area (Å²) in [6, 6.07) is 0. The molecule has 2 bridgehead atoms. The second-order valence-electron chi connectivity index (χ2n) is 8.73. The molecule has 0 spiro atoms. The normalized spacial score (nSPS) is 31.0. The zero-order chi connectivity index (χ0) is 19.8. The van der Waals surface area contributed by atoms with Crippen LogP contribution in [0.4, 0.5) is 0 Å². The molecule has 3 rings (SSSR count). The van der Waals surface area contributed by atoms with Crippen molar-refractivity contribution in [2.24, 2.45) is 17.3 Å². The van der Waals surface area contributed by atoms with E-state index < -0.39 is 36.0 Å². The maximum absolute atomic E-state index is 13.1. The summed E-state index contributed by atoms with van der Waals surface area (Å²) in [5.74, 6) is -2.10. The summed E-state index contributed by atoms with van der Waals surface area (Å²) in [6.45, 7) is 7.72. The first-order valence-electron chi connectivity index (χ1n) is 9.65. The van der Waals surface area contributed by atoms with E-state index in [9.17, 15) is 14.4 Å². The van der Waals surface area contributed by atoms with E-state index in [-0.39, 0.29) is 18.1 Å². The summed E-state index contributed by atoms with van der Waals surface area (Å²) in [6.07, 6.45) is 1.02. The van der Waals surface area contributed by atoms with Crippen LogP contribution in [0.1, 0.15) is 33.6 Å². The first-order valence-corrected chi connectivity index (χ1v) is 9.65. The van der Waals surface area contributed by atoms with Crippen molar-refractivity contribution in [1.29, 1.82) is 0 Å². The fraction of sp³-hybridized carbons (Fsp3) is 0.842. The molecular weight excluding hydrogens is 352 g/mol. The Balaban J connectivity index is 1.60. The Morgan fingerprint density at radius 1 is 0.963 bits per heavy atom. The largest absolute Gasteiger partial charge is 0.428 e. The minimum Gasteiger partial charge on any atom is -0.428 e. The third-order valence-corrected chi connectivity index (χ3v) is 5.65. The second kappa shape index (κ2) is 7.75. The Kier molecular flexibility index (Phi) is 5.76. The summed E-state index contributed by atoms with van der Waals surface area (Å²) >= 11 is 0. The number of piperazine rings is 1. The molecule has 152 valence electrons. The molecule has 1 amide bonds. The minimum absolute atomic E-state index is 0.0241. The Labute approximate surface area is 160 Å². The molecule has 0 N–H and O–H groups in total. The molecule has 3 fully saturated rings. The quantitative estimate of drug-likeness (QED) is 0.521. The van der Waals surface area contributed by atoms with E-state index in [1.165, 1.54) is 0 Å². The van der Waals surface area contributed by atoms with E-state index in [0.717, 1.165) is 25.9 Å². The Morgan fingerprint density at radius 3 is 2.15 bits per heavy atom. The van der Waals surface area contributed by atoms with Gasteiger partial charge < -0.3 is 24.0 Å². The number of ether oxygens (including phenoxy) is 3. The molecule has 27 heavy (non-hydrogen) atoms. The van der Waals surface area contributed by atoms with E-state index in [2.05, 4.69) is 4.90 Å². The molecule has 3 aliphatic rings. The minimum atomic E-state index is -0.665. The van der Waals surface area contributed by atoms with Crippen LogP contribution in [0.3, 0.4) is 0 Å². The van der Waals surface area contributed by atoms with Crippen LogP contribution in [0.15, 0.2) is 0 Å². The Morgan fingerprint density at radius 2 is 1.56 bits per heavy atom. The summed E-state index contributed by atoms with van der Waals surface area (Å²) in [5.41, 5.74) is -0.665. The zero-order valence-corrected chi connectivity index (χ0v) is 16.6. The lowest BCUT2D eigenvalue weighted by Gasteiger charge is -2.36. The number of nitrogens with zero attached hydrogens (tertiary/aromatic N) is 2. The van der Waals surface area contributed by atoms with Crippen molar-refractivity contribution < 1.29 is 28.6 Å². The molecule has 3 aliphatic heterocycles. The number of amides is 1. The van der Waals surface area contributed by atoms with Crippen molar-refractivity contribution in [2.75, 3.05) is 40.0 Å². The molecule has 0 radical (unpaired) electrons. The predicted molar refractivity (Wildman–Crippen MR) is 95.5 cm³/mol. The van der Waals surface area contributed by atoms with E-state index in [1.807, 2.05) is 11.9 Å². The van der Waals surface area contributed by atoms with Crippen LogP contribution in [0, 0.1) is 17.3 Å². The van der Waals surface area contributed by atoms with Crippen molar-refractivity contribution in [3.63, 3.8) is 0 Å². The van der Waals surface area contributed by atoms with E-state index in [1.54, 1.807) is 20.8 Å². The van der Waals surface area contributed by atoms with Crippen LogP contribution < -0.4 is 0 Å². The molecule has 3 heterocycles. The highest BCUT2D eigenvalue weighted by molar-refractivity contribution is 5.87. The maximum Gasteiger partial charge on any atom is 0.315 e. The summed E-state index contributed by atoms with van der Waals surface area (Å²) < 4.78 is 16.1. The highest BCUT2D eigenvalue weighted by atomic mass is 16.7. The second-order valence-corrected chi connectivity index (χ2v) is 8.73. The van der Waals surface area contributed by atoms with Gasteiger partial charge in [0.15, 0.2) is 0 Å². The van der Waals surface area contributed by atoms with Crippen LogP contribution in [-0.4, -0.2) is 79.9 Å². The van der Waals surface area contributed by atoms with E-state index in [4.69, 9.17) is 14.2 Å². The molecule has 8 heteroatoms. The molecule has 8 nitrogen and oxygen atoms in total. The van der Waals surface area contributed by atoms with Gasteiger partial charge in [-0.15, -0.1) is 0 Å². The van der Waals surface area contributed by atoms with Gasteiger partial charge in [-0.1, -0.05) is 0 Å². The number of rotatable bonds is 4. The average Bonchev–Trinajstić information content (AvgIpc) is 3.22. The Bertz CT molecular complexity index is 593. The smallest absolute Gasteiger partial charge is 0.315 e. The molecule has 3 saturated heterocycles. The van der Waals surface area contributed by atoms with Gasteiger partial charge in [-0.3, -0.25) is 14.4 Å². The van der Waals surface area contributed by atoms with Gasteiger partial charge >= 0.3 is 11.9 Å². The topological polar surface area (TPSA) is 85.4 Å². The zero-order valence-electron chi connectivity index (χ0n) is 16.6. The van der Waals surface area contributed by atoms with Crippen molar-refractivity contribution in [1.82, 2.24) is 9.80 Å². The third kappa shape index (κ3) is 4.27.